The average molecular weight is 285 g/mol. The minimum atomic E-state index is 0.605. The summed E-state index contributed by atoms with van der Waals surface area (Å²) in [5.74, 6) is 0.942. The van der Waals surface area contributed by atoms with Crippen LogP contribution in [0, 0.1) is 0 Å². The van der Waals surface area contributed by atoms with E-state index in [-0.39, 0.29) is 0 Å². The Hall–Kier alpha value is -0.540. The van der Waals surface area contributed by atoms with Gasteiger partial charge in [-0.15, -0.1) is 0 Å². The van der Waals surface area contributed by atoms with Crippen LogP contribution in [0.4, 0.5) is 0 Å². The quantitative estimate of drug-likeness (QED) is 0.790. The summed E-state index contributed by atoms with van der Waals surface area (Å²) in [5, 5.41) is 0. The fourth-order valence-electron chi connectivity index (χ4n) is 2.08. The Morgan fingerprint density at radius 3 is 2.50 bits per heavy atom. The number of benzene rings is 1. The van der Waals surface area contributed by atoms with Crippen LogP contribution >= 0.6 is 15.9 Å². The summed E-state index contributed by atoms with van der Waals surface area (Å²) in [7, 11) is 1.69. The van der Waals surface area contributed by atoms with Crippen molar-refractivity contribution in [1.82, 2.24) is 0 Å². The van der Waals surface area contributed by atoms with Crippen molar-refractivity contribution in [2.75, 3.05) is 20.3 Å². The third-order valence-corrected chi connectivity index (χ3v) is 3.56. The number of methoxy groups -OCH3 is 1. The SMILES string of the molecule is COCCOc1cc2c(cc1Br)CCCC2. The van der Waals surface area contributed by atoms with Gasteiger partial charge in [0.1, 0.15) is 12.4 Å². The second kappa shape index (κ2) is 5.69. The van der Waals surface area contributed by atoms with E-state index in [1.54, 1.807) is 7.11 Å². The molecule has 0 saturated carbocycles. The molecule has 0 bridgehead atoms. The van der Waals surface area contributed by atoms with Gasteiger partial charge in [0.15, 0.2) is 0 Å². The average Bonchev–Trinajstić information content (AvgIpc) is 2.30. The van der Waals surface area contributed by atoms with E-state index in [0.29, 0.717) is 13.2 Å². The fourth-order valence-corrected chi connectivity index (χ4v) is 2.58. The van der Waals surface area contributed by atoms with Crippen LogP contribution in [0.2, 0.25) is 0 Å². The molecular weight excluding hydrogens is 268 g/mol. The van der Waals surface area contributed by atoms with E-state index in [0.717, 1.165) is 10.2 Å². The molecule has 16 heavy (non-hydrogen) atoms. The van der Waals surface area contributed by atoms with Crippen molar-refractivity contribution >= 4 is 15.9 Å². The van der Waals surface area contributed by atoms with Gasteiger partial charge in [-0.2, -0.15) is 0 Å². The summed E-state index contributed by atoms with van der Waals surface area (Å²) in [6.45, 7) is 1.23. The highest BCUT2D eigenvalue weighted by Crippen LogP contribution is 2.32. The van der Waals surface area contributed by atoms with Crippen LogP contribution in [0.25, 0.3) is 0 Å². The Morgan fingerprint density at radius 1 is 1.12 bits per heavy atom. The van der Waals surface area contributed by atoms with E-state index >= 15 is 0 Å². The molecule has 0 atom stereocenters. The maximum atomic E-state index is 5.67. The fraction of sp³-hybridized carbons (Fsp3) is 0.538. The maximum absolute atomic E-state index is 5.67. The molecule has 0 heterocycles. The number of ether oxygens (including phenoxy) is 2. The second-order valence-corrected chi connectivity index (χ2v) is 4.95. The minimum absolute atomic E-state index is 0.605. The van der Waals surface area contributed by atoms with Crippen molar-refractivity contribution in [2.24, 2.45) is 0 Å². The molecule has 3 heteroatoms. The number of aryl methyl sites for hydroxylation is 2. The molecule has 0 aromatic heterocycles. The Morgan fingerprint density at radius 2 is 1.81 bits per heavy atom. The predicted octanol–water partition coefficient (Wildman–Crippen LogP) is 3.35. The summed E-state index contributed by atoms with van der Waals surface area (Å²) in [6.07, 6.45) is 4.99. The van der Waals surface area contributed by atoms with Crippen LogP contribution in [0.15, 0.2) is 16.6 Å². The first kappa shape index (κ1) is 11.9. The van der Waals surface area contributed by atoms with Gasteiger partial charge in [0.2, 0.25) is 0 Å². The van der Waals surface area contributed by atoms with E-state index in [9.17, 15) is 0 Å². The highest BCUT2D eigenvalue weighted by Gasteiger charge is 2.12. The molecule has 0 N–H and O–H groups in total. The zero-order chi connectivity index (χ0) is 11.4. The summed E-state index contributed by atoms with van der Waals surface area (Å²) in [6, 6.07) is 4.38. The van der Waals surface area contributed by atoms with Gasteiger partial charge in [-0.25, -0.2) is 0 Å². The van der Waals surface area contributed by atoms with E-state index in [2.05, 4.69) is 28.1 Å². The molecule has 2 nitrogen and oxygen atoms in total. The Kier molecular flexibility index (Phi) is 4.24. The summed E-state index contributed by atoms with van der Waals surface area (Å²) in [4.78, 5) is 0. The first-order valence-corrected chi connectivity index (χ1v) is 6.53. The Balaban J connectivity index is 2.12. The van der Waals surface area contributed by atoms with E-state index < -0.39 is 0 Å². The number of fused-ring (bicyclic) bond motifs is 1. The highest BCUT2D eigenvalue weighted by molar-refractivity contribution is 9.10. The molecule has 0 aliphatic heterocycles. The molecule has 1 aliphatic rings. The van der Waals surface area contributed by atoms with Crippen LogP contribution in [0.1, 0.15) is 24.0 Å². The molecule has 0 amide bonds. The van der Waals surface area contributed by atoms with E-state index in [1.165, 1.54) is 36.8 Å². The van der Waals surface area contributed by atoms with Crippen LogP contribution in [-0.4, -0.2) is 20.3 Å². The lowest BCUT2D eigenvalue weighted by Crippen LogP contribution is -2.07. The van der Waals surface area contributed by atoms with E-state index in [1.807, 2.05) is 0 Å². The first-order valence-electron chi connectivity index (χ1n) is 5.74. The lowest BCUT2D eigenvalue weighted by Gasteiger charge is -2.18. The van der Waals surface area contributed by atoms with Crippen molar-refractivity contribution in [3.05, 3.63) is 27.7 Å². The second-order valence-electron chi connectivity index (χ2n) is 4.10. The molecule has 1 aromatic rings. The zero-order valence-corrected chi connectivity index (χ0v) is 11.2. The number of rotatable bonds is 4. The number of halogens is 1. The molecule has 88 valence electrons. The lowest BCUT2D eigenvalue weighted by atomic mass is 9.92. The summed E-state index contributed by atoms with van der Waals surface area (Å²) in [5.41, 5.74) is 2.92. The molecular formula is C13H17BrO2. The third-order valence-electron chi connectivity index (χ3n) is 2.94. The summed E-state index contributed by atoms with van der Waals surface area (Å²) < 4.78 is 11.7. The smallest absolute Gasteiger partial charge is 0.133 e. The van der Waals surface area contributed by atoms with Crippen molar-refractivity contribution in [3.8, 4) is 5.75 Å². The van der Waals surface area contributed by atoms with Crippen LogP contribution in [0.5, 0.6) is 5.75 Å². The van der Waals surface area contributed by atoms with Crippen molar-refractivity contribution < 1.29 is 9.47 Å². The van der Waals surface area contributed by atoms with Gasteiger partial charge in [-0.3, -0.25) is 0 Å². The van der Waals surface area contributed by atoms with Gasteiger partial charge in [-0.1, -0.05) is 0 Å². The van der Waals surface area contributed by atoms with Crippen LogP contribution < -0.4 is 4.74 Å². The van der Waals surface area contributed by atoms with Gasteiger partial charge in [-0.05, 0) is 64.9 Å². The van der Waals surface area contributed by atoms with Crippen LogP contribution in [-0.2, 0) is 17.6 Å². The minimum Gasteiger partial charge on any atom is -0.490 e. The van der Waals surface area contributed by atoms with Crippen molar-refractivity contribution in [1.29, 1.82) is 0 Å². The van der Waals surface area contributed by atoms with Gasteiger partial charge < -0.3 is 9.47 Å². The van der Waals surface area contributed by atoms with E-state index in [4.69, 9.17) is 9.47 Å². The molecule has 0 unspecified atom stereocenters. The van der Waals surface area contributed by atoms with Gasteiger partial charge in [0, 0.05) is 7.11 Å². The third kappa shape index (κ3) is 2.77. The Labute approximate surface area is 105 Å². The van der Waals surface area contributed by atoms with Gasteiger partial charge in [0.05, 0.1) is 11.1 Å². The molecule has 0 fully saturated rings. The normalized spacial score (nSPS) is 14.6. The van der Waals surface area contributed by atoms with Crippen molar-refractivity contribution in [3.63, 3.8) is 0 Å². The van der Waals surface area contributed by atoms with Crippen LogP contribution in [0.3, 0.4) is 0 Å². The number of hydrogen-bond donors (Lipinski definition) is 0. The monoisotopic (exact) mass is 284 g/mol. The largest absolute Gasteiger partial charge is 0.490 e. The topological polar surface area (TPSA) is 18.5 Å². The van der Waals surface area contributed by atoms with Gasteiger partial charge in [0.25, 0.3) is 0 Å². The predicted molar refractivity (Wildman–Crippen MR) is 68.2 cm³/mol. The lowest BCUT2D eigenvalue weighted by molar-refractivity contribution is 0.146. The molecule has 0 saturated heterocycles. The standard InChI is InChI=1S/C13H17BrO2/c1-15-6-7-16-13-9-11-5-3-2-4-10(11)8-12(13)14/h8-9H,2-7H2,1H3. The number of hydrogen-bond acceptors (Lipinski definition) is 2. The summed E-state index contributed by atoms with van der Waals surface area (Å²) >= 11 is 3.56. The molecule has 2 rings (SSSR count). The van der Waals surface area contributed by atoms with Crippen molar-refractivity contribution in [2.45, 2.75) is 25.7 Å². The molecule has 0 radical (unpaired) electrons. The van der Waals surface area contributed by atoms with Gasteiger partial charge >= 0.3 is 0 Å². The zero-order valence-electron chi connectivity index (χ0n) is 9.59. The maximum Gasteiger partial charge on any atom is 0.133 e. The molecule has 1 aromatic carbocycles. The highest BCUT2D eigenvalue weighted by atomic mass is 79.9. The molecule has 0 spiro atoms. The Bertz CT molecular complexity index is 363. The first-order chi connectivity index (χ1) is 7.81. The molecule has 1 aliphatic carbocycles.